The number of fused-ring (bicyclic) bond motifs is 2. The van der Waals surface area contributed by atoms with Gasteiger partial charge in [0.2, 0.25) is 11.8 Å². The van der Waals surface area contributed by atoms with Gasteiger partial charge in [0.05, 0.1) is 12.9 Å². The number of aliphatic hydroxyl groups excluding tert-OH is 1. The summed E-state index contributed by atoms with van der Waals surface area (Å²) in [4.78, 5) is 56.3. The number of benzene rings is 1. The lowest BCUT2D eigenvalue weighted by molar-refractivity contribution is -0.138. The number of aliphatic hydroxyl groups is 1. The van der Waals surface area contributed by atoms with E-state index in [4.69, 9.17) is 15.0 Å². The van der Waals surface area contributed by atoms with Crippen LogP contribution in [0, 0.1) is 0 Å². The number of phosphoric acid groups is 1. The zero-order valence-electron chi connectivity index (χ0n) is 20.3. The Kier molecular flexibility index (Phi) is 6.92. The van der Waals surface area contributed by atoms with E-state index in [2.05, 4.69) is 30.1 Å². The van der Waals surface area contributed by atoms with Crippen LogP contribution in [-0.4, -0.2) is 72.3 Å². The second-order valence-corrected chi connectivity index (χ2v) is 10.2. The molecule has 5 heterocycles. The van der Waals surface area contributed by atoms with Crippen molar-refractivity contribution in [3.05, 3.63) is 48.5 Å². The van der Waals surface area contributed by atoms with E-state index >= 15 is 0 Å². The molecular formula is C22H24N7O9P. The minimum absolute atomic E-state index is 0.157. The summed E-state index contributed by atoms with van der Waals surface area (Å²) < 4.78 is 28.2. The van der Waals surface area contributed by atoms with Gasteiger partial charge in [0.1, 0.15) is 30.2 Å². The molecule has 6 N–H and O–H groups in total. The molecule has 0 saturated carbocycles. The number of imide groups is 2. The van der Waals surface area contributed by atoms with Gasteiger partial charge in [-0.05, 0) is 12.0 Å². The van der Waals surface area contributed by atoms with E-state index in [1.807, 2.05) is 0 Å². The number of urea groups is 1. The minimum atomic E-state index is -4.16. The van der Waals surface area contributed by atoms with Crippen LogP contribution in [0.3, 0.4) is 0 Å². The Morgan fingerprint density at radius 1 is 1.15 bits per heavy atom. The SMILES string of the molecule is CCC1(c2ccccc2)C(=O)NC(=O)NC1=O.Nc1ncnc2c1ncn2[C@@H]1O[C@@H]2COP(=O)(O)O[C@H]2[C@H]1O. The molecule has 4 amide bonds. The fourth-order valence-corrected chi connectivity index (χ4v) is 5.65. The van der Waals surface area contributed by atoms with Crippen molar-refractivity contribution in [3.63, 3.8) is 0 Å². The predicted octanol–water partition coefficient (Wildman–Crippen LogP) is -0.117. The van der Waals surface area contributed by atoms with Crippen LogP contribution in [0.1, 0.15) is 25.1 Å². The number of carbonyl (C=O) groups excluding carboxylic acids is 3. The highest BCUT2D eigenvalue weighted by molar-refractivity contribution is 7.47. The summed E-state index contributed by atoms with van der Waals surface area (Å²) in [6.07, 6.45) is -0.773. The third-order valence-electron chi connectivity index (χ3n) is 6.65. The van der Waals surface area contributed by atoms with E-state index in [-0.39, 0.29) is 12.4 Å². The molecule has 6 rings (SSSR count). The number of nitrogens with zero attached hydrogens (tertiary/aromatic N) is 4. The first kappa shape index (κ1) is 26.8. The maximum atomic E-state index is 12.0. The molecule has 5 atom stereocenters. The number of nitrogen functional groups attached to an aromatic ring is 1. The van der Waals surface area contributed by atoms with Crippen molar-refractivity contribution in [1.29, 1.82) is 0 Å². The third kappa shape index (κ3) is 4.67. The van der Waals surface area contributed by atoms with E-state index in [0.29, 0.717) is 23.1 Å². The molecule has 3 fully saturated rings. The van der Waals surface area contributed by atoms with Gasteiger partial charge >= 0.3 is 13.9 Å². The quantitative estimate of drug-likeness (QED) is 0.208. The first-order valence-corrected chi connectivity index (χ1v) is 13.2. The highest BCUT2D eigenvalue weighted by Gasteiger charge is 2.53. The number of carbonyl (C=O) groups is 3. The molecule has 3 saturated heterocycles. The molecule has 1 aromatic carbocycles. The van der Waals surface area contributed by atoms with Crippen molar-refractivity contribution in [1.82, 2.24) is 30.2 Å². The van der Waals surface area contributed by atoms with E-state index in [0.717, 1.165) is 0 Å². The monoisotopic (exact) mass is 561 g/mol. The number of aromatic nitrogens is 4. The molecule has 0 bridgehead atoms. The van der Waals surface area contributed by atoms with Gasteiger partial charge in [-0.2, -0.15) is 0 Å². The van der Waals surface area contributed by atoms with Crippen LogP contribution in [0.4, 0.5) is 10.6 Å². The van der Waals surface area contributed by atoms with Gasteiger partial charge in [-0.1, -0.05) is 37.3 Å². The lowest BCUT2D eigenvalue weighted by Crippen LogP contribution is -2.64. The minimum Gasteiger partial charge on any atom is -0.386 e. The Hall–Kier alpha value is -3.79. The summed E-state index contributed by atoms with van der Waals surface area (Å²) in [6, 6.07) is 7.96. The Labute approximate surface area is 220 Å². The molecule has 16 nitrogen and oxygen atoms in total. The second kappa shape index (κ2) is 10.1. The number of hydrogen-bond acceptors (Lipinski definition) is 12. The standard InChI is InChI=1S/C12H12N2O3.C10H12N5O6P/c1-2-12(8-6-4-3-5-7-8)9(15)13-11(17)14-10(12)16;11-8-5-9(13-2-12-8)15(3-14-5)10-6(16)7-4(20-10)1-19-22(17,18)21-7/h3-7H,2H2,1H3,(H2,13,14,15,16,17);2-4,6-7,10,16H,1H2,(H,17,18)(H2,11,12,13)/t;4-,6-,7-,10-/m.1/s1. The van der Waals surface area contributed by atoms with Crippen molar-refractivity contribution in [2.45, 2.75) is 43.3 Å². The van der Waals surface area contributed by atoms with E-state index in [9.17, 15) is 28.9 Å². The summed E-state index contributed by atoms with van der Waals surface area (Å²) in [7, 11) is -4.16. The van der Waals surface area contributed by atoms with Gasteiger partial charge in [0.25, 0.3) is 0 Å². The first-order chi connectivity index (χ1) is 18.6. The molecule has 2 aromatic heterocycles. The number of rotatable bonds is 3. The maximum absolute atomic E-state index is 12.0. The number of ether oxygens (including phenoxy) is 1. The molecule has 3 aliphatic rings. The molecule has 17 heteroatoms. The Bertz CT molecular complexity index is 1460. The number of anilines is 1. The van der Waals surface area contributed by atoms with Crippen LogP contribution in [0.5, 0.6) is 0 Å². The van der Waals surface area contributed by atoms with Crippen LogP contribution >= 0.6 is 7.82 Å². The molecule has 3 aromatic rings. The molecule has 3 aliphatic heterocycles. The highest BCUT2D eigenvalue weighted by atomic mass is 31.2. The molecule has 0 spiro atoms. The van der Waals surface area contributed by atoms with Gasteiger partial charge in [0.15, 0.2) is 23.1 Å². The number of phosphoric ester groups is 1. The highest BCUT2D eigenvalue weighted by Crippen LogP contribution is 2.52. The van der Waals surface area contributed by atoms with Gasteiger partial charge < -0.3 is 20.5 Å². The normalized spacial score (nSPS) is 29.7. The summed E-state index contributed by atoms with van der Waals surface area (Å²) >= 11 is 0. The van der Waals surface area contributed by atoms with Crippen LogP contribution < -0.4 is 16.4 Å². The smallest absolute Gasteiger partial charge is 0.386 e. The fraction of sp³-hybridized carbons (Fsp3) is 0.364. The summed E-state index contributed by atoms with van der Waals surface area (Å²) in [5.74, 6) is -0.937. The van der Waals surface area contributed by atoms with Gasteiger partial charge in [0, 0.05) is 0 Å². The van der Waals surface area contributed by atoms with Gasteiger partial charge in [-0.3, -0.25) is 33.8 Å². The van der Waals surface area contributed by atoms with Crippen LogP contribution in [0.25, 0.3) is 11.2 Å². The average Bonchev–Trinajstić information content (AvgIpc) is 3.46. The molecule has 0 radical (unpaired) electrons. The second-order valence-electron chi connectivity index (χ2n) is 8.84. The van der Waals surface area contributed by atoms with E-state index in [1.54, 1.807) is 37.3 Å². The van der Waals surface area contributed by atoms with Crippen molar-refractivity contribution in [3.8, 4) is 0 Å². The van der Waals surface area contributed by atoms with E-state index < -0.39 is 55.6 Å². The summed E-state index contributed by atoms with van der Waals surface area (Å²) in [5.41, 5.74) is 5.74. The fourth-order valence-electron chi connectivity index (χ4n) is 4.69. The Morgan fingerprint density at radius 3 is 2.51 bits per heavy atom. The topological polar surface area (TPSA) is 230 Å². The number of barbiturate groups is 1. The molecule has 1 unspecified atom stereocenters. The Morgan fingerprint density at radius 2 is 1.85 bits per heavy atom. The largest absolute Gasteiger partial charge is 0.472 e. The van der Waals surface area contributed by atoms with E-state index in [1.165, 1.54) is 17.2 Å². The summed E-state index contributed by atoms with van der Waals surface area (Å²) in [6.45, 7) is 1.58. The number of nitrogens with one attached hydrogen (secondary N) is 2. The van der Waals surface area contributed by atoms with Crippen LogP contribution in [0.15, 0.2) is 43.0 Å². The zero-order valence-corrected chi connectivity index (χ0v) is 21.2. The maximum Gasteiger partial charge on any atom is 0.472 e. The van der Waals surface area contributed by atoms with Crippen molar-refractivity contribution >= 4 is 42.6 Å². The molecule has 206 valence electrons. The zero-order chi connectivity index (χ0) is 27.9. The van der Waals surface area contributed by atoms with Gasteiger partial charge in [-0.25, -0.2) is 24.3 Å². The lowest BCUT2D eigenvalue weighted by Gasteiger charge is -2.33. The van der Waals surface area contributed by atoms with Crippen LogP contribution in [0.2, 0.25) is 0 Å². The molecular weight excluding hydrogens is 537 g/mol. The first-order valence-electron chi connectivity index (χ1n) is 11.7. The number of imidazole rings is 1. The van der Waals surface area contributed by atoms with Crippen LogP contribution in [-0.2, 0) is 33.4 Å². The van der Waals surface area contributed by atoms with Crippen molar-refractivity contribution < 1.29 is 42.7 Å². The van der Waals surface area contributed by atoms with Crippen molar-refractivity contribution in [2.24, 2.45) is 0 Å². The third-order valence-corrected chi connectivity index (χ3v) is 7.64. The molecule has 39 heavy (non-hydrogen) atoms. The lowest BCUT2D eigenvalue weighted by atomic mass is 9.75. The Balaban J connectivity index is 0.000000164. The summed E-state index contributed by atoms with van der Waals surface area (Å²) in [5, 5.41) is 14.6. The predicted molar refractivity (Wildman–Crippen MR) is 130 cm³/mol. The van der Waals surface area contributed by atoms with Gasteiger partial charge in [-0.15, -0.1) is 0 Å². The average molecular weight is 561 g/mol. The van der Waals surface area contributed by atoms with Crippen molar-refractivity contribution in [2.75, 3.05) is 12.3 Å². The number of amides is 4. The molecule has 0 aliphatic carbocycles. The number of nitrogens with two attached hydrogens (primary N) is 1. The number of hydrogen-bond donors (Lipinski definition) is 5.